The van der Waals surface area contributed by atoms with E-state index in [9.17, 15) is 0 Å². The second kappa shape index (κ2) is 4.33. The van der Waals surface area contributed by atoms with Crippen LogP contribution < -0.4 is 11.1 Å². The fourth-order valence-corrected chi connectivity index (χ4v) is 1.52. The molecule has 2 nitrogen and oxygen atoms in total. The number of nitrogens with two attached hydrogens (primary N) is 1. The number of rotatable bonds is 3. The van der Waals surface area contributed by atoms with Gasteiger partial charge in [-0.15, -0.1) is 6.58 Å². The lowest BCUT2D eigenvalue weighted by Crippen LogP contribution is -2.00. The molecule has 13 heavy (non-hydrogen) atoms. The molecule has 0 saturated carbocycles. The number of hydrogen-bond donors (Lipinski definition) is 2. The third-order valence-electron chi connectivity index (χ3n) is 1.79. The van der Waals surface area contributed by atoms with Crippen LogP contribution in [0.5, 0.6) is 0 Å². The lowest BCUT2D eigenvalue weighted by Gasteiger charge is -2.09. The number of nitrogen functional groups attached to an aromatic ring is 1. The monoisotopic (exact) mass is 240 g/mol. The van der Waals surface area contributed by atoms with E-state index in [0.29, 0.717) is 0 Å². The van der Waals surface area contributed by atoms with Gasteiger partial charge in [0.05, 0.1) is 0 Å². The average molecular weight is 241 g/mol. The van der Waals surface area contributed by atoms with Crippen LogP contribution in [0.1, 0.15) is 5.56 Å². The van der Waals surface area contributed by atoms with Gasteiger partial charge in [-0.2, -0.15) is 0 Å². The second-order valence-electron chi connectivity index (χ2n) is 2.86. The molecule has 3 N–H and O–H groups in total. The third-order valence-corrected chi connectivity index (χ3v) is 2.45. The largest absolute Gasteiger partial charge is 0.398 e. The predicted molar refractivity (Wildman–Crippen MR) is 62.0 cm³/mol. The van der Waals surface area contributed by atoms with Crippen molar-refractivity contribution in [1.82, 2.24) is 0 Å². The Kier molecular flexibility index (Phi) is 3.37. The number of nitrogens with one attached hydrogen (secondary N) is 1. The van der Waals surface area contributed by atoms with Crippen LogP contribution in [0.4, 0.5) is 11.4 Å². The Morgan fingerprint density at radius 2 is 2.31 bits per heavy atom. The first-order valence-electron chi connectivity index (χ1n) is 4.05. The van der Waals surface area contributed by atoms with Crippen LogP contribution in [0, 0.1) is 6.92 Å². The zero-order chi connectivity index (χ0) is 9.84. The van der Waals surface area contributed by atoms with Crippen molar-refractivity contribution in [3.05, 3.63) is 34.8 Å². The Labute approximate surface area is 87.0 Å². The van der Waals surface area contributed by atoms with Gasteiger partial charge in [0.1, 0.15) is 0 Å². The summed E-state index contributed by atoms with van der Waals surface area (Å²) in [6.07, 6.45) is 1.82. The zero-order valence-electron chi connectivity index (χ0n) is 7.60. The summed E-state index contributed by atoms with van der Waals surface area (Å²) >= 11 is 3.43. The molecule has 0 spiro atoms. The summed E-state index contributed by atoms with van der Waals surface area (Å²) in [4.78, 5) is 0. The van der Waals surface area contributed by atoms with E-state index in [1.165, 1.54) is 0 Å². The molecule has 0 saturated heterocycles. The maximum atomic E-state index is 5.74. The minimum absolute atomic E-state index is 0.752. The third kappa shape index (κ3) is 2.49. The summed E-state index contributed by atoms with van der Waals surface area (Å²) in [7, 11) is 0. The van der Waals surface area contributed by atoms with E-state index in [2.05, 4.69) is 27.8 Å². The van der Waals surface area contributed by atoms with E-state index in [4.69, 9.17) is 5.73 Å². The summed E-state index contributed by atoms with van der Waals surface area (Å²) in [5.74, 6) is 0. The molecule has 0 atom stereocenters. The fraction of sp³-hybridized carbons (Fsp3) is 0.200. The number of hydrogen-bond acceptors (Lipinski definition) is 2. The highest BCUT2D eigenvalue weighted by Crippen LogP contribution is 2.27. The van der Waals surface area contributed by atoms with Crippen LogP contribution in [0.25, 0.3) is 0 Å². The molecule has 1 aromatic rings. The summed E-state index contributed by atoms with van der Waals surface area (Å²) in [6, 6.07) is 3.92. The van der Waals surface area contributed by atoms with Crippen molar-refractivity contribution in [3.8, 4) is 0 Å². The molecule has 1 aromatic carbocycles. The first-order valence-corrected chi connectivity index (χ1v) is 4.85. The molecule has 0 radical (unpaired) electrons. The van der Waals surface area contributed by atoms with Crippen LogP contribution in [0.2, 0.25) is 0 Å². The van der Waals surface area contributed by atoms with E-state index in [-0.39, 0.29) is 0 Å². The number of benzene rings is 1. The first kappa shape index (κ1) is 10.1. The van der Waals surface area contributed by atoms with E-state index in [1.54, 1.807) is 0 Å². The van der Waals surface area contributed by atoms with Crippen molar-refractivity contribution in [2.24, 2.45) is 0 Å². The summed E-state index contributed by atoms with van der Waals surface area (Å²) in [5, 5.41) is 3.21. The van der Waals surface area contributed by atoms with Crippen LogP contribution in [0.15, 0.2) is 29.3 Å². The molecule has 0 unspecified atom stereocenters. The van der Waals surface area contributed by atoms with Crippen LogP contribution in [-0.2, 0) is 0 Å². The maximum Gasteiger partial charge on any atom is 0.0491 e. The smallest absolute Gasteiger partial charge is 0.0491 e. The molecule has 0 amide bonds. The Bertz CT molecular complexity index is 321. The van der Waals surface area contributed by atoms with Crippen molar-refractivity contribution in [2.45, 2.75) is 6.92 Å². The Morgan fingerprint density at radius 3 is 2.92 bits per heavy atom. The lowest BCUT2D eigenvalue weighted by atomic mass is 10.2. The molecule has 0 aliphatic rings. The van der Waals surface area contributed by atoms with Gasteiger partial charge in [-0.25, -0.2) is 0 Å². The molecule has 0 aliphatic carbocycles. The van der Waals surface area contributed by atoms with Gasteiger partial charge in [-0.3, -0.25) is 0 Å². The molecule has 0 aromatic heterocycles. The van der Waals surface area contributed by atoms with Gasteiger partial charge in [0, 0.05) is 22.4 Å². The van der Waals surface area contributed by atoms with Gasteiger partial charge in [-0.1, -0.05) is 6.08 Å². The van der Waals surface area contributed by atoms with Gasteiger partial charge in [-0.05, 0) is 40.5 Å². The highest BCUT2D eigenvalue weighted by molar-refractivity contribution is 9.10. The standard InChI is InChI=1S/C10H13BrN2/c1-3-4-13-10-5-7(2)9(12)6-8(10)11/h3,5-6,13H,1,4,12H2,2H3. The maximum absolute atomic E-state index is 5.74. The summed E-state index contributed by atoms with van der Waals surface area (Å²) in [5.41, 5.74) is 8.67. The molecule has 1 rings (SSSR count). The Hall–Kier alpha value is -0.960. The zero-order valence-corrected chi connectivity index (χ0v) is 9.19. The van der Waals surface area contributed by atoms with Crippen LogP contribution in [-0.4, -0.2) is 6.54 Å². The highest BCUT2D eigenvalue weighted by atomic mass is 79.9. The molecular formula is C10H13BrN2. The van der Waals surface area contributed by atoms with Crippen molar-refractivity contribution >= 4 is 27.3 Å². The molecule has 0 fully saturated rings. The fourth-order valence-electron chi connectivity index (χ4n) is 1.01. The lowest BCUT2D eigenvalue weighted by molar-refractivity contribution is 1.32. The minimum atomic E-state index is 0.752. The number of anilines is 2. The Balaban J connectivity index is 2.94. The first-order chi connectivity index (χ1) is 6.15. The summed E-state index contributed by atoms with van der Waals surface area (Å²) in [6.45, 7) is 6.38. The van der Waals surface area contributed by atoms with Crippen LogP contribution >= 0.6 is 15.9 Å². The molecule has 70 valence electrons. The van der Waals surface area contributed by atoms with E-state index in [0.717, 1.165) is 28.0 Å². The quantitative estimate of drug-likeness (QED) is 0.630. The normalized spacial score (nSPS) is 9.69. The highest BCUT2D eigenvalue weighted by Gasteiger charge is 2.01. The van der Waals surface area contributed by atoms with Crippen molar-refractivity contribution in [3.63, 3.8) is 0 Å². The van der Waals surface area contributed by atoms with Gasteiger partial charge in [0.2, 0.25) is 0 Å². The molecule has 3 heteroatoms. The molecule has 0 heterocycles. The topological polar surface area (TPSA) is 38.0 Å². The summed E-state index contributed by atoms with van der Waals surface area (Å²) < 4.78 is 0.984. The molecule has 0 bridgehead atoms. The minimum Gasteiger partial charge on any atom is -0.398 e. The van der Waals surface area contributed by atoms with Crippen LogP contribution in [0.3, 0.4) is 0 Å². The second-order valence-corrected chi connectivity index (χ2v) is 3.71. The van der Waals surface area contributed by atoms with Crippen molar-refractivity contribution in [1.29, 1.82) is 0 Å². The van der Waals surface area contributed by atoms with E-state index < -0.39 is 0 Å². The molecule has 0 aliphatic heterocycles. The predicted octanol–water partition coefficient (Wildman–Crippen LogP) is 2.94. The van der Waals surface area contributed by atoms with E-state index >= 15 is 0 Å². The van der Waals surface area contributed by atoms with Gasteiger partial charge >= 0.3 is 0 Å². The molecular weight excluding hydrogens is 228 g/mol. The van der Waals surface area contributed by atoms with Gasteiger partial charge in [0.25, 0.3) is 0 Å². The van der Waals surface area contributed by atoms with Crippen molar-refractivity contribution < 1.29 is 0 Å². The average Bonchev–Trinajstić information content (AvgIpc) is 2.09. The van der Waals surface area contributed by atoms with Crippen molar-refractivity contribution in [2.75, 3.05) is 17.6 Å². The van der Waals surface area contributed by atoms with Gasteiger partial charge < -0.3 is 11.1 Å². The SMILES string of the molecule is C=CCNc1cc(C)c(N)cc1Br. The Morgan fingerprint density at radius 1 is 1.62 bits per heavy atom. The van der Waals surface area contributed by atoms with Gasteiger partial charge in [0.15, 0.2) is 0 Å². The number of aryl methyl sites for hydroxylation is 1. The number of halogens is 1. The van der Waals surface area contributed by atoms with E-state index in [1.807, 2.05) is 25.1 Å².